The summed E-state index contributed by atoms with van der Waals surface area (Å²) in [6, 6.07) is 0. The highest BCUT2D eigenvalue weighted by Crippen LogP contribution is 2.16. The zero-order chi connectivity index (χ0) is 14.8. The molecule has 112 valence electrons. The van der Waals surface area contributed by atoms with Crippen molar-refractivity contribution in [3.05, 3.63) is 23.2 Å². The third kappa shape index (κ3) is 5.96. The maximum atomic E-state index is 11.8. The van der Waals surface area contributed by atoms with Gasteiger partial charge in [0, 0.05) is 12.3 Å². The van der Waals surface area contributed by atoms with Gasteiger partial charge in [-0.05, 0) is 19.3 Å². The number of carbonyl (C=O) groups is 1. The van der Waals surface area contributed by atoms with Gasteiger partial charge in [0.25, 0.3) is 5.91 Å². The Hall–Kier alpha value is -1.01. The van der Waals surface area contributed by atoms with Crippen LogP contribution in [-0.4, -0.2) is 27.4 Å². The summed E-state index contributed by atoms with van der Waals surface area (Å²) < 4.78 is 12.1. The third-order valence-corrected chi connectivity index (χ3v) is 5.24. The summed E-state index contributed by atoms with van der Waals surface area (Å²) in [6.45, 7) is 4.64. The lowest BCUT2D eigenvalue weighted by atomic mass is 10.2. The second kappa shape index (κ2) is 9.83. The molecule has 1 amide bonds. The van der Waals surface area contributed by atoms with Crippen molar-refractivity contribution < 1.29 is 9.00 Å². The summed E-state index contributed by atoms with van der Waals surface area (Å²) in [7, 11) is -1.08. The molecule has 0 saturated carbocycles. The Labute approximate surface area is 127 Å². The SMILES string of the molecule is CCC/C=C/CCCNC(=O)c1cnc(S(=O)CC)s1. The van der Waals surface area contributed by atoms with E-state index in [1.807, 2.05) is 6.92 Å². The number of hydrogen-bond donors (Lipinski definition) is 1. The first-order chi connectivity index (χ1) is 9.69. The summed E-state index contributed by atoms with van der Waals surface area (Å²) in [6.07, 6.45) is 10.0. The van der Waals surface area contributed by atoms with E-state index < -0.39 is 10.8 Å². The van der Waals surface area contributed by atoms with Crippen molar-refractivity contribution in [3.8, 4) is 0 Å². The molecule has 1 rings (SSSR count). The van der Waals surface area contributed by atoms with E-state index in [0.29, 0.717) is 21.5 Å². The first kappa shape index (κ1) is 17.0. The van der Waals surface area contributed by atoms with E-state index in [1.165, 1.54) is 24.0 Å². The molecule has 0 aliphatic rings. The lowest BCUT2D eigenvalue weighted by molar-refractivity contribution is 0.0957. The van der Waals surface area contributed by atoms with E-state index in [4.69, 9.17) is 0 Å². The molecule has 0 aliphatic heterocycles. The van der Waals surface area contributed by atoms with Crippen molar-refractivity contribution in [1.29, 1.82) is 0 Å². The molecule has 1 aromatic heterocycles. The fraction of sp³-hybridized carbons (Fsp3) is 0.571. The molecule has 0 aliphatic carbocycles. The maximum Gasteiger partial charge on any atom is 0.263 e. The predicted molar refractivity (Wildman–Crippen MR) is 84.7 cm³/mol. The molecule has 1 aromatic rings. The highest BCUT2D eigenvalue weighted by molar-refractivity contribution is 7.87. The van der Waals surface area contributed by atoms with Gasteiger partial charge >= 0.3 is 0 Å². The van der Waals surface area contributed by atoms with Crippen LogP contribution in [0, 0.1) is 0 Å². The highest BCUT2D eigenvalue weighted by Gasteiger charge is 2.12. The molecule has 0 aromatic carbocycles. The van der Waals surface area contributed by atoms with Gasteiger partial charge in [0.15, 0.2) is 4.34 Å². The number of rotatable bonds is 9. The second-order valence-electron chi connectivity index (χ2n) is 4.28. The maximum absolute atomic E-state index is 11.8. The van der Waals surface area contributed by atoms with E-state index in [9.17, 15) is 9.00 Å². The zero-order valence-corrected chi connectivity index (χ0v) is 13.7. The van der Waals surface area contributed by atoms with E-state index in [2.05, 4.69) is 29.4 Å². The summed E-state index contributed by atoms with van der Waals surface area (Å²) in [5, 5.41) is 2.86. The van der Waals surface area contributed by atoms with Gasteiger partial charge in [0.2, 0.25) is 0 Å². The minimum absolute atomic E-state index is 0.126. The first-order valence-corrected chi connectivity index (χ1v) is 9.10. The van der Waals surface area contributed by atoms with E-state index in [1.54, 1.807) is 0 Å². The average Bonchev–Trinajstić information content (AvgIpc) is 2.95. The molecule has 0 radical (unpaired) electrons. The molecule has 4 nitrogen and oxygen atoms in total. The van der Waals surface area contributed by atoms with Crippen LogP contribution in [0.5, 0.6) is 0 Å². The quantitative estimate of drug-likeness (QED) is 0.563. The van der Waals surface area contributed by atoms with Crippen LogP contribution in [0.15, 0.2) is 22.7 Å². The lowest BCUT2D eigenvalue weighted by Crippen LogP contribution is -2.23. The van der Waals surface area contributed by atoms with Gasteiger partial charge in [-0.2, -0.15) is 0 Å². The van der Waals surface area contributed by atoms with Gasteiger partial charge in [-0.15, -0.1) is 11.3 Å². The van der Waals surface area contributed by atoms with Crippen molar-refractivity contribution in [2.75, 3.05) is 12.3 Å². The molecular weight excluding hydrogens is 292 g/mol. The van der Waals surface area contributed by atoms with Gasteiger partial charge in [0.05, 0.1) is 17.0 Å². The molecule has 1 unspecified atom stereocenters. The molecule has 1 atom stereocenters. The molecule has 0 spiro atoms. The third-order valence-electron chi connectivity index (χ3n) is 2.62. The van der Waals surface area contributed by atoms with Crippen molar-refractivity contribution in [2.45, 2.75) is 43.9 Å². The Morgan fingerprint density at radius 3 is 2.85 bits per heavy atom. The number of nitrogens with one attached hydrogen (secondary N) is 1. The average molecular weight is 314 g/mol. The largest absolute Gasteiger partial charge is 0.351 e. The van der Waals surface area contributed by atoms with Gasteiger partial charge in [0.1, 0.15) is 4.88 Å². The smallest absolute Gasteiger partial charge is 0.263 e. The predicted octanol–water partition coefficient (Wildman–Crippen LogP) is 3.14. The summed E-state index contributed by atoms with van der Waals surface area (Å²) in [4.78, 5) is 16.4. The number of carbonyl (C=O) groups excluding carboxylic acids is 1. The molecule has 0 bridgehead atoms. The van der Waals surface area contributed by atoms with Crippen LogP contribution in [0.1, 0.15) is 49.2 Å². The Bertz CT molecular complexity index is 469. The highest BCUT2D eigenvalue weighted by atomic mass is 32.2. The Balaban J connectivity index is 2.29. The van der Waals surface area contributed by atoms with Gasteiger partial charge < -0.3 is 5.32 Å². The number of hydrogen-bond acceptors (Lipinski definition) is 4. The molecule has 0 fully saturated rings. The minimum atomic E-state index is -1.08. The van der Waals surface area contributed by atoms with E-state index >= 15 is 0 Å². The number of unbranched alkanes of at least 4 members (excludes halogenated alkanes) is 2. The summed E-state index contributed by atoms with van der Waals surface area (Å²) in [5.74, 6) is 0.401. The number of nitrogens with zero attached hydrogens (tertiary/aromatic N) is 1. The number of aromatic nitrogens is 1. The topological polar surface area (TPSA) is 59.1 Å². The van der Waals surface area contributed by atoms with Crippen LogP contribution in [-0.2, 0) is 10.8 Å². The monoisotopic (exact) mass is 314 g/mol. The molecular formula is C14H22N2O2S2. The van der Waals surface area contributed by atoms with Crippen LogP contribution in [0.3, 0.4) is 0 Å². The van der Waals surface area contributed by atoms with E-state index in [-0.39, 0.29) is 5.91 Å². The Morgan fingerprint density at radius 2 is 2.15 bits per heavy atom. The molecule has 0 saturated heterocycles. The molecule has 20 heavy (non-hydrogen) atoms. The molecule has 6 heteroatoms. The van der Waals surface area contributed by atoms with Crippen molar-refractivity contribution in [3.63, 3.8) is 0 Å². The molecule has 1 N–H and O–H groups in total. The van der Waals surface area contributed by atoms with Crippen LogP contribution in [0.2, 0.25) is 0 Å². The fourth-order valence-electron chi connectivity index (χ4n) is 1.50. The first-order valence-electron chi connectivity index (χ1n) is 6.96. The van der Waals surface area contributed by atoms with Gasteiger partial charge in [-0.1, -0.05) is 32.4 Å². The van der Waals surface area contributed by atoms with Gasteiger partial charge in [-0.3, -0.25) is 9.00 Å². The van der Waals surface area contributed by atoms with Crippen LogP contribution in [0.25, 0.3) is 0 Å². The van der Waals surface area contributed by atoms with Crippen LogP contribution >= 0.6 is 11.3 Å². The van der Waals surface area contributed by atoms with Crippen LogP contribution in [0.4, 0.5) is 0 Å². The van der Waals surface area contributed by atoms with Crippen molar-refractivity contribution in [2.24, 2.45) is 0 Å². The second-order valence-corrected chi connectivity index (χ2v) is 7.23. The lowest BCUT2D eigenvalue weighted by Gasteiger charge is -2.01. The van der Waals surface area contributed by atoms with Gasteiger partial charge in [-0.25, -0.2) is 4.98 Å². The fourth-order valence-corrected chi connectivity index (χ4v) is 3.48. The Kier molecular flexibility index (Phi) is 8.37. The van der Waals surface area contributed by atoms with Crippen LogP contribution < -0.4 is 5.32 Å². The van der Waals surface area contributed by atoms with Crippen molar-refractivity contribution in [1.82, 2.24) is 10.3 Å². The number of amides is 1. The van der Waals surface area contributed by atoms with Crippen molar-refractivity contribution >= 4 is 28.0 Å². The minimum Gasteiger partial charge on any atom is -0.351 e. The standard InChI is InChI=1S/C14H22N2O2S2/c1-3-5-6-7-8-9-10-15-13(17)12-11-16-14(19-12)20(18)4-2/h6-7,11H,3-5,8-10H2,1-2H3,(H,15,17)/b7-6+. The summed E-state index contributed by atoms with van der Waals surface area (Å²) in [5.41, 5.74) is 0. The number of allylic oxidation sites excluding steroid dienone is 2. The molecule has 1 heterocycles. The zero-order valence-electron chi connectivity index (χ0n) is 12.1. The van der Waals surface area contributed by atoms with E-state index in [0.717, 1.165) is 19.3 Å². The summed E-state index contributed by atoms with van der Waals surface area (Å²) >= 11 is 1.21. The normalized spacial score (nSPS) is 12.7. The Morgan fingerprint density at radius 1 is 1.40 bits per heavy atom. The number of thiazole rings is 1.